The summed E-state index contributed by atoms with van der Waals surface area (Å²) in [5.41, 5.74) is 1.22. The molecule has 3 aliphatic rings. The highest BCUT2D eigenvalue weighted by Crippen LogP contribution is 2.71. The van der Waals surface area contributed by atoms with E-state index in [1.165, 1.54) is 18.5 Å². The maximum absolute atomic E-state index is 10.3. The van der Waals surface area contributed by atoms with Gasteiger partial charge in [0.05, 0.1) is 64.5 Å². The summed E-state index contributed by atoms with van der Waals surface area (Å²) >= 11 is 0. The van der Waals surface area contributed by atoms with Crippen LogP contribution in [0.3, 0.4) is 0 Å². The lowest BCUT2D eigenvalue weighted by Gasteiger charge is -2.45. The molecule has 0 unspecified atom stereocenters. The highest BCUT2D eigenvalue weighted by molar-refractivity contribution is 7.75. The largest absolute Gasteiger partial charge is 0.378 e. The predicted octanol–water partition coefficient (Wildman–Crippen LogP) is 2.37. The molecule has 0 aliphatic carbocycles. The summed E-state index contributed by atoms with van der Waals surface area (Å²) in [7, 11) is -1.86. The van der Waals surface area contributed by atoms with E-state index in [0.29, 0.717) is 0 Å². The Morgan fingerprint density at radius 3 is 1.80 bits per heavy atom. The molecule has 7 heteroatoms. The van der Waals surface area contributed by atoms with Crippen LogP contribution in [0.2, 0.25) is 0 Å². The molecule has 3 saturated heterocycles. The molecule has 0 aromatic carbocycles. The summed E-state index contributed by atoms with van der Waals surface area (Å²) in [5, 5.41) is 11.3. The lowest BCUT2D eigenvalue weighted by Crippen LogP contribution is -2.47. The number of nitriles is 1. The Bertz CT molecular complexity index is 498. The Labute approximate surface area is 152 Å². The van der Waals surface area contributed by atoms with Gasteiger partial charge in [-0.25, -0.2) is 0 Å². The van der Waals surface area contributed by atoms with Gasteiger partial charge in [-0.2, -0.15) is 14.6 Å². The van der Waals surface area contributed by atoms with Crippen molar-refractivity contribution < 1.29 is 9.47 Å². The minimum Gasteiger partial charge on any atom is -0.378 e. The molecular formula is C18H32N4O2P+. The summed E-state index contributed by atoms with van der Waals surface area (Å²) in [6.45, 7) is 13.4. The predicted molar refractivity (Wildman–Crippen MR) is 101 cm³/mol. The topological polar surface area (TPSA) is 52.0 Å². The van der Waals surface area contributed by atoms with Crippen molar-refractivity contribution >= 4 is 7.56 Å². The van der Waals surface area contributed by atoms with Gasteiger partial charge in [0.15, 0.2) is 7.56 Å². The van der Waals surface area contributed by atoms with Crippen LogP contribution in [0.15, 0.2) is 11.0 Å². The van der Waals surface area contributed by atoms with Crippen LogP contribution in [0.1, 0.15) is 26.7 Å². The van der Waals surface area contributed by atoms with E-state index >= 15 is 0 Å². The second-order valence-corrected chi connectivity index (χ2v) is 10.6. The van der Waals surface area contributed by atoms with Crippen LogP contribution in [0, 0.1) is 11.3 Å². The van der Waals surface area contributed by atoms with Crippen LogP contribution >= 0.6 is 7.56 Å². The molecule has 140 valence electrons. The Morgan fingerprint density at radius 2 is 1.40 bits per heavy atom. The van der Waals surface area contributed by atoms with Crippen LogP contribution < -0.4 is 0 Å². The van der Waals surface area contributed by atoms with Crippen molar-refractivity contribution in [1.29, 1.82) is 5.26 Å². The van der Waals surface area contributed by atoms with E-state index in [0.717, 1.165) is 77.2 Å². The van der Waals surface area contributed by atoms with Gasteiger partial charge in [0.1, 0.15) is 6.07 Å². The van der Waals surface area contributed by atoms with Gasteiger partial charge >= 0.3 is 0 Å². The van der Waals surface area contributed by atoms with Crippen molar-refractivity contribution in [1.82, 2.24) is 14.2 Å². The quantitative estimate of drug-likeness (QED) is 0.549. The van der Waals surface area contributed by atoms with Gasteiger partial charge in [-0.15, -0.1) is 0 Å². The third-order valence-electron chi connectivity index (χ3n) is 5.74. The van der Waals surface area contributed by atoms with Crippen LogP contribution in [-0.2, 0) is 9.47 Å². The number of ether oxygens (including phenoxy) is 2. The fraction of sp³-hybridized carbons (Fsp3) is 0.833. The lowest BCUT2D eigenvalue weighted by atomic mass is 10.4. The first-order chi connectivity index (χ1) is 12.2. The number of nitrogens with zero attached hydrogens (tertiary/aromatic N) is 4. The molecule has 0 aromatic rings. The Balaban J connectivity index is 2.03. The Hall–Kier alpha value is -0.700. The maximum Gasteiger partial charge on any atom is 0.223 e. The Morgan fingerprint density at radius 1 is 0.920 bits per heavy atom. The lowest BCUT2D eigenvalue weighted by molar-refractivity contribution is 0.0561. The average molecular weight is 367 g/mol. The standard InChI is InChI=1S/C18H32N4O2P/c1-3-25(21-8-12-23-13-9-21,22-10-14-24-15-11-22)18(16-19)17(2)20-6-4-5-7-20/h3-15H2,1-2H3/q+1/b18-17-. The Kier molecular flexibility index (Phi) is 6.71. The molecule has 0 aromatic heterocycles. The minimum atomic E-state index is -1.86. The van der Waals surface area contributed by atoms with Gasteiger partial charge in [-0.1, -0.05) is 0 Å². The summed E-state index contributed by atoms with van der Waals surface area (Å²) < 4.78 is 16.4. The molecule has 0 radical (unpaired) electrons. The number of hydrogen-bond donors (Lipinski definition) is 0. The molecule has 0 bridgehead atoms. The van der Waals surface area contributed by atoms with Gasteiger partial charge in [-0.3, -0.25) is 0 Å². The summed E-state index contributed by atoms with van der Waals surface area (Å²) in [6, 6.07) is 2.69. The summed E-state index contributed by atoms with van der Waals surface area (Å²) in [5.74, 6) is 0. The number of morpholine rings is 2. The second-order valence-electron chi connectivity index (χ2n) is 6.92. The fourth-order valence-electron chi connectivity index (χ4n) is 4.41. The fourth-order valence-corrected chi connectivity index (χ4v) is 8.92. The minimum absolute atomic E-state index is 0.771. The van der Waals surface area contributed by atoms with Crippen LogP contribution in [0.4, 0.5) is 0 Å². The van der Waals surface area contributed by atoms with Crippen molar-refractivity contribution in [3.05, 3.63) is 11.0 Å². The van der Waals surface area contributed by atoms with Crippen LogP contribution in [0.5, 0.6) is 0 Å². The van der Waals surface area contributed by atoms with Crippen LogP contribution in [-0.4, -0.2) is 86.1 Å². The molecule has 3 aliphatic heterocycles. The normalized spacial score (nSPS) is 24.9. The highest BCUT2D eigenvalue weighted by Gasteiger charge is 2.55. The second kappa shape index (κ2) is 8.79. The molecule has 25 heavy (non-hydrogen) atoms. The van der Waals surface area contributed by atoms with Gasteiger partial charge < -0.3 is 14.4 Å². The van der Waals surface area contributed by atoms with E-state index in [-0.39, 0.29) is 0 Å². The van der Waals surface area contributed by atoms with Crippen molar-refractivity contribution in [3.63, 3.8) is 0 Å². The molecular weight excluding hydrogens is 335 g/mol. The molecule has 3 heterocycles. The van der Waals surface area contributed by atoms with Crippen molar-refractivity contribution in [3.8, 4) is 6.07 Å². The first-order valence-electron chi connectivity index (χ1n) is 9.65. The molecule has 0 spiro atoms. The summed E-state index contributed by atoms with van der Waals surface area (Å²) in [4.78, 5) is 2.43. The van der Waals surface area contributed by atoms with E-state index in [4.69, 9.17) is 9.47 Å². The SMILES string of the molecule is CC[P+](/C(C#N)=C(/C)N1CCCC1)(N1CCOCC1)N1CCOCC1. The first-order valence-corrected chi connectivity index (χ1v) is 11.5. The molecule has 0 amide bonds. The molecule has 3 rings (SSSR count). The summed E-state index contributed by atoms with van der Waals surface area (Å²) in [6.07, 6.45) is 3.49. The maximum atomic E-state index is 10.3. The van der Waals surface area contributed by atoms with Gasteiger partial charge in [0.25, 0.3) is 0 Å². The van der Waals surface area contributed by atoms with Crippen molar-refractivity contribution in [2.24, 2.45) is 0 Å². The third-order valence-corrected chi connectivity index (χ3v) is 10.4. The smallest absolute Gasteiger partial charge is 0.223 e. The van der Waals surface area contributed by atoms with Gasteiger partial charge in [0.2, 0.25) is 5.31 Å². The zero-order chi connectivity index (χ0) is 17.7. The zero-order valence-electron chi connectivity index (χ0n) is 15.7. The van der Waals surface area contributed by atoms with Gasteiger partial charge in [-0.05, 0) is 26.7 Å². The van der Waals surface area contributed by atoms with Crippen molar-refractivity contribution in [2.75, 3.05) is 71.9 Å². The molecule has 3 fully saturated rings. The van der Waals surface area contributed by atoms with E-state index in [9.17, 15) is 5.26 Å². The molecule has 6 nitrogen and oxygen atoms in total. The highest BCUT2D eigenvalue weighted by atomic mass is 31.2. The monoisotopic (exact) mass is 367 g/mol. The van der Waals surface area contributed by atoms with Crippen LogP contribution in [0.25, 0.3) is 0 Å². The molecule has 0 atom stereocenters. The third kappa shape index (κ3) is 3.72. The number of rotatable bonds is 5. The number of allylic oxidation sites excluding steroid dienone is 2. The van der Waals surface area contributed by atoms with E-state index in [1.807, 2.05) is 0 Å². The molecule has 0 saturated carbocycles. The number of hydrogen-bond acceptors (Lipinski definition) is 6. The van der Waals surface area contributed by atoms with E-state index < -0.39 is 7.56 Å². The average Bonchev–Trinajstić information content (AvgIpc) is 3.22. The zero-order valence-corrected chi connectivity index (χ0v) is 16.6. The van der Waals surface area contributed by atoms with E-state index in [2.05, 4.69) is 34.2 Å². The van der Waals surface area contributed by atoms with Crippen molar-refractivity contribution in [2.45, 2.75) is 26.7 Å². The van der Waals surface area contributed by atoms with Gasteiger partial charge in [0, 0.05) is 13.1 Å². The first kappa shape index (κ1) is 19.1. The van der Waals surface area contributed by atoms with E-state index in [1.54, 1.807) is 0 Å². The number of likely N-dealkylation sites (tertiary alicyclic amines) is 1. The molecule has 0 N–H and O–H groups in total.